The molecule has 100 valence electrons. The second-order valence-corrected chi connectivity index (χ2v) is 4.26. The number of nitrogens with zero attached hydrogens (tertiary/aromatic N) is 1. The molecule has 0 aliphatic carbocycles. The summed E-state index contributed by atoms with van der Waals surface area (Å²) in [5.41, 5.74) is -1.23. The second-order valence-electron chi connectivity index (χ2n) is 3.85. The minimum atomic E-state index is -0.817. The molecular weight excluding hydrogens is 275 g/mol. The number of aromatic nitrogens is 2. The molecule has 0 unspecified atom stereocenters. The number of nitrogens with one attached hydrogen (secondary N) is 1. The van der Waals surface area contributed by atoms with E-state index in [0.717, 1.165) is 10.6 Å². The SMILES string of the molecule is CCc1c(O)n(-c2ccc(F)c(Cl)c2)c(=O)[nH]c1=O. The van der Waals surface area contributed by atoms with E-state index in [4.69, 9.17) is 11.6 Å². The molecule has 0 saturated heterocycles. The summed E-state index contributed by atoms with van der Waals surface area (Å²) >= 11 is 5.63. The van der Waals surface area contributed by atoms with Crippen LogP contribution < -0.4 is 11.2 Å². The first-order valence-electron chi connectivity index (χ1n) is 5.48. The Morgan fingerprint density at radius 2 is 2.11 bits per heavy atom. The lowest BCUT2D eigenvalue weighted by molar-refractivity contribution is 0.423. The molecule has 0 aliphatic rings. The van der Waals surface area contributed by atoms with E-state index in [1.54, 1.807) is 6.92 Å². The first-order chi connectivity index (χ1) is 8.95. The number of H-pyrrole nitrogens is 1. The number of aromatic amines is 1. The Morgan fingerprint density at radius 3 is 2.68 bits per heavy atom. The van der Waals surface area contributed by atoms with Crippen LogP contribution in [0.3, 0.4) is 0 Å². The Balaban J connectivity index is 2.78. The number of hydrogen-bond donors (Lipinski definition) is 2. The summed E-state index contributed by atoms with van der Waals surface area (Å²) in [7, 11) is 0. The van der Waals surface area contributed by atoms with E-state index in [-0.39, 0.29) is 22.7 Å². The Labute approximate surface area is 111 Å². The Kier molecular flexibility index (Phi) is 3.44. The van der Waals surface area contributed by atoms with Crippen molar-refractivity contribution in [1.29, 1.82) is 0 Å². The van der Waals surface area contributed by atoms with Crippen molar-refractivity contribution >= 4 is 11.6 Å². The van der Waals surface area contributed by atoms with Gasteiger partial charge in [-0.3, -0.25) is 9.78 Å². The van der Waals surface area contributed by atoms with Crippen molar-refractivity contribution in [1.82, 2.24) is 9.55 Å². The standard InChI is InChI=1S/C12H10ClFN2O3/c1-2-7-10(17)15-12(19)16(11(7)18)6-3-4-9(14)8(13)5-6/h3-5,18H,2H2,1H3,(H,15,17,19). The fourth-order valence-corrected chi connectivity index (χ4v) is 1.92. The van der Waals surface area contributed by atoms with Gasteiger partial charge < -0.3 is 5.11 Å². The van der Waals surface area contributed by atoms with Gasteiger partial charge in [-0.05, 0) is 24.6 Å². The molecule has 1 heterocycles. The lowest BCUT2D eigenvalue weighted by atomic mass is 10.2. The van der Waals surface area contributed by atoms with Crippen LogP contribution in [0.2, 0.25) is 5.02 Å². The molecule has 1 aromatic carbocycles. The van der Waals surface area contributed by atoms with Crippen molar-refractivity contribution in [2.24, 2.45) is 0 Å². The summed E-state index contributed by atoms with van der Waals surface area (Å²) in [4.78, 5) is 25.3. The highest BCUT2D eigenvalue weighted by Crippen LogP contribution is 2.21. The van der Waals surface area contributed by atoms with Crippen LogP contribution in [0.5, 0.6) is 5.88 Å². The van der Waals surface area contributed by atoms with Gasteiger partial charge in [-0.25, -0.2) is 13.8 Å². The van der Waals surface area contributed by atoms with Crippen LogP contribution in [0.15, 0.2) is 27.8 Å². The van der Waals surface area contributed by atoms with E-state index in [1.807, 2.05) is 0 Å². The molecule has 0 bridgehead atoms. The third kappa shape index (κ3) is 2.26. The van der Waals surface area contributed by atoms with Gasteiger partial charge >= 0.3 is 5.69 Å². The molecule has 0 aliphatic heterocycles. The van der Waals surface area contributed by atoms with Gasteiger partial charge in [0, 0.05) is 0 Å². The minimum Gasteiger partial charge on any atom is -0.494 e. The van der Waals surface area contributed by atoms with Gasteiger partial charge in [0.15, 0.2) is 0 Å². The van der Waals surface area contributed by atoms with Crippen molar-refractivity contribution in [2.75, 3.05) is 0 Å². The van der Waals surface area contributed by atoms with E-state index in [9.17, 15) is 19.1 Å². The fraction of sp³-hybridized carbons (Fsp3) is 0.167. The molecule has 19 heavy (non-hydrogen) atoms. The van der Waals surface area contributed by atoms with Gasteiger partial charge in [-0.2, -0.15) is 0 Å². The number of aromatic hydroxyl groups is 1. The molecule has 0 atom stereocenters. The average molecular weight is 285 g/mol. The number of hydrogen-bond acceptors (Lipinski definition) is 3. The average Bonchev–Trinajstić information content (AvgIpc) is 2.33. The summed E-state index contributed by atoms with van der Waals surface area (Å²) in [6, 6.07) is 3.54. The predicted octanol–water partition coefficient (Wildman–Crippen LogP) is 1.59. The molecule has 7 heteroatoms. The molecule has 0 saturated carbocycles. The molecule has 0 amide bonds. The summed E-state index contributed by atoms with van der Waals surface area (Å²) < 4.78 is 14.0. The topological polar surface area (TPSA) is 75.1 Å². The van der Waals surface area contributed by atoms with Crippen LogP contribution in [0.25, 0.3) is 5.69 Å². The van der Waals surface area contributed by atoms with Gasteiger partial charge in [0.05, 0.1) is 16.3 Å². The lowest BCUT2D eigenvalue weighted by Gasteiger charge is -2.10. The highest BCUT2D eigenvalue weighted by atomic mass is 35.5. The number of benzene rings is 1. The fourth-order valence-electron chi connectivity index (χ4n) is 1.74. The third-order valence-corrected chi connectivity index (χ3v) is 2.98. The monoisotopic (exact) mass is 284 g/mol. The molecule has 2 aromatic rings. The maximum absolute atomic E-state index is 13.1. The molecular formula is C12H10ClFN2O3. The molecule has 0 radical (unpaired) electrons. The maximum Gasteiger partial charge on any atom is 0.335 e. The van der Waals surface area contributed by atoms with Crippen LogP contribution in [0.1, 0.15) is 12.5 Å². The van der Waals surface area contributed by atoms with E-state index >= 15 is 0 Å². The van der Waals surface area contributed by atoms with Crippen molar-refractivity contribution in [2.45, 2.75) is 13.3 Å². The Bertz CT molecular complexity index is 752. The van der Waals surface area contributed by atoms with E-state index in [1.165, 1.54) is 12.1 Å². The van der Waals surface area contributed by atoms with Crippen molar-refractivity contribution < 1.29 is 9.50 Å². The quantitative estimate of drug-likeness (QED) is 0.879. The van der Waals surface area contributed by atoms with Crippen molar-refractivity contribution in [3.05, 3.63) is 55.4 Å². The molecule has 2 rings (SSSR count). The highest BCUT2D eigenvalue weighted by Gasteiger charge is 2.14. The number of rotatable bonds is 2. The van der Waals surface area contributed by atoms with Gasteiger partial charge in [-0.1, -0.05) is 18.5 Å². The summed E-state index contributed by atoms with van der Waals surface area (Å²) in [6.07, 6.45) is 0.246. The highest BCUT2D eigenvalue weighted by molar-refractivity contribution is 6.30. The zero-order valence-corrected chi connectivity index (χ0v) is 10.7. The molecule has 2 N–H and O–H groups in total. The first-order valence-corrected chi connectivity index (χ1v) is 5.86. The van der Waals surface area contributed by atoms with Crippen LogP contribution in [0.4, 0.5) is 4.39 Å². The molecule has 0 fully saturated rings. The van der Waals surface area contributed by atoms with Crippen LogP contribution in [-0.4, -0.2) is 14.7 Å². The smallest absolute Gasteiger partial charge is 0.335 e. The zero-order valence-electron chi connectivity index (χ0n) is 9.91. The molecule has 5 nitrogen and oxygen atoms in total. The van der Waals surface area contributed by atoms with Crippen molar-refractivity contribution in [3.63, 3.8) is 0 Å². The van der Waals surface area contributed by atoms with Crippen molar-refractivity contribution in [3.8, 4) is 11.6 Å². The summed E-state index contributed by atoms with van der Waals surface area (Å²) in [5.74, 6) is -1.11. The third-order valence-electron chi connectivity index (χ3n) is 2.69. The Morgan fingerprint density at radius 1 is 1.42 bits per heavy atom. The minimum absolute atomic E-state index is 0.0695. The van der Waals surface area contributed by atoms with Crippen LogP contribution in [0, 0.1) is 5.82 Å². The maximum atomic E-state index is 13.1. The molecule has 1 aromatic heterocycles. The van der Waals surface area contributed by atoms with Gasteiger partial charge in [-0.15, -0.1) is 0 Å². The number of halogens is 2. The first kappa shape index (κ1) is 13.4. The second kappa shape index (κ2) is 4.89. The van der Waals surface area contributed by atoms with Crippen LogP contribution in [-0.2, 0) is 6.42 Å². The van der Waals surface area contributed by atoms with E-state index in [0.29, 0.717) is 0 Å². The normalized spacial score (nSPS) is 10.7. The zero-order chi connectivity index (χ0) is 14.2. The van der Waals surface area contributed by atoms with Crippen LogP contribution >= 0.6 is 11.6 Å². The summed E-state index contributed by atoms with van der Waals surface area (Å²) in [5, 5.41) is 9.78. The lowest BCUT2D eigenvalue weighted by Crippen LogP contribution is -2.31. The molecule has 0 spiro atoms. The van der Waals surface area contributed by atoms with E-state index < -0.39 is 22.9 Å². The predicted molar refractivity (Wildman–Crippen MR) is 68.7 cm³/mol. The van der Waals surface area contributed by atoms with Gasteiger partial charge in [0.25, 0.3) is 5.56 Å². The van der Waals surface area contributed by atoms with E-state index in [2.05, 4.69) is 4.98 Å². The summed E-state index contributed by atoms with van der Waals surface area (Å²) in [6.45, 7) is 1.66. The largest absolute Gasteiger partial charge is 0.494 e. The van der Waals surface area contributed by atoms with Gasteiger partial charge in [0.2, 0.25) is 5.88 Å². The van der Waals surface area contributed by atoms with Gasteiger partial charge in [0.1, 0.15) is 5.82 Å². The Hall–Kier alpha value is -2.08.